The molecule has 0 unspecified atom stereocenters. The molecule has 4 aliphatic rings. The fourth-order valence-corrected chi connectivity index (χ4v) is 9.25. The second kappa shape index (κ2) is 6.24. The van der Waals surface area contributed by atoms with Crippen LogP contribution in [0.5, 0.6) is 0 Å². The predicted molar refractivity (Wildman–Crippen MR) is 90.7 cm³/mol. The summed E-state index contributed by atoms with van der Waals surface area (Å²) in [7, 11) is -2.98. The van der Waals surface area contributed by atoms with E-state index in [4.69, 9.17) is 0 Å². The van der Waals surface area contributed by atoms with Gasteiger partial charge in [-0.2, -0.15) is 18.7 Å². The third kappa shape index (κ3) is 2.37. The summed E-state index contributed by atoms with van der Waals surface area (Å²) in [5.74, 6) is -0.139. The topological polar surface area (TPSA) is 81.2 Å². The predicted octanol–water partition coefficient (Wildman–Crippen LogP) is 1.15. The lowest BCUT2D eigenvalue weighted by molar-refractivity contribution is -0.128. The minimum absolute atomic E-state index is 0.0348. The molecule has 0 aromatic rings. The molecule has 4 saturated heterocycles. The number of hydrogen-bond donors (Lipinski definition) is 0. The molecular formula is C16H24N4O4P+. The zero-order chi connectivity index (χ0) is 17.6. The van der Waals surface area contributed by atoms with E-state index in [2.05, 4.69) is 0 Å². The monoisotopic (exact) mass is 367 g/mol. The number of hydrogen-bond acceptors (Lipinski definition) is 4. The van der Waals surface area contributed by atoms with Crippen molar-refractivity contribution in [1.29, 1.82) is 0 Å². The minimum atomic E-state index is -2.98. The van der Waals surface area contributed by atoms with Crippen LogP contribution < -0.4 is 0 Å². The van der Waals surface area contributed by atoms with Gasteiger partial charge in [-0.25, -0.2) is 0 Å². The largest absolute Gasteiger partial charge is 0.416 e. The maximum atomic E-state index is 12.8. The van der Waals surface area contributed by atoms with Crippen molar-refractivity contribution in [1.82, 2.24) is 18.7 Å². The summed E-state index contributed by atoms with van der Waals surface area (Å²) in [5.41, 5.74) is 0. The number of rotatable bonds is 4. The average molecular weight is 367 g/mol. The van der Waals surface area contributed by atoms with Gasteiger partial charge in [-0.3, -0.25) is 19.2 Å². The highest BCUT2D eigenvalue weighted by atomic mass is 31.2. The Labute approximate surface area is 147 Å². The Morgan fingerprint density at radius 3 is 0.880 bits per heavy atom. The summed E-state index contributed by atoms with van der Waals surface area (Å²) in [5, 5.41) is 0. The summed E-state index contributed by atoms with van der Waals surface area (Å²) in [6, 6.07) is 0. The van der Waals surface area contributed by atoms with Crippen molar-refractivity contribution in [2.24, 2.45) is 0 Å². The van der Waals surface area contributed by atoms with Gasteiger partial charge in [0, 0.05) is 25.7 Å². The third-order valence-corrected chi connectivity index (χ3v) is 9.77. The van der Waals surface area contributed by atoms with Crippen LogP contribution in [-0.2, 0) is 19.2 Å². The lowest BCUT2D eigenvalue weighted by Gasteiger charge is -2.45. The zero-order valence-electron chi connectivity index (χ0n) is 14.4. The quantitative estimate of drug-likeness (QED) is 0.698. The highest BCUT2D eigenvalue weighted by molar-refractivity contribution is 7.69. The zero-order valence-corrected chi connectivity index (χ0v) is 15.2. The van der Waals surface area contributed by atoms with Gasteiger partial charge in [0.25, 0.3) is 23.6 Å². The molecule has 4 fully saturated rings. The molecule has 9 heteroatoms. The van der Waals surface area contributed by atoms with Crippen molar-refractivity contribution < 1.29 is 19.2 Å². The Bertz CT molecular complexity index is 530. The van der Waals surface area contributed by atoms with Crippen LogP contribution >= 0.6 is 7.87 Å². The van der Waals surface area contributed by atoms with Crippen LogP contribution in [0.1, 0.15) is 51.4 Å². The van der Waals surface area contributed by atoms with Crippen LogP contribution in [-0.4, -0.2) is 68.5 Å². The van der Waals surface area contributed by atoms with E-state index in [0.29, 0.717) is 77.5 Å². The van der Waals surface area contributed by atoms with Crippen molar-refractivity contribution in [2.75, 3.05) is 26.2 Å². The first-order valence-corrected chi connectivity index (χ1v) is 10.8. The fourth-order valence-electron chi connectivity index (χ4n) is 4.45. The molecule has 4 heterocycles. The molecule has 136 valence electrons. The van der Waals surface area contributed by atoms with Crippen LogP contribution in [0.4, 0.5) is 0 Å². The molecule has 4 rings (SSSR count). The standard InChI is InChI=1S/C16H24N4O4P/c21-13-5-1-9-17(13)25(18-10-2-6-14(18)22,19-11-3-7-15(19)23)20-12-4-8-16(20)24/h1-12H2/q+1. The average Bonchev–Trinajstić information content (AvgIpc) is 3.35. The number of carbonyl (C=O) groups is 4. The Morgan fingerprint density at radius 2 is 0.720 bits per heavy atom. The highest BCUT2D eigenvalue weighted by Crippen LogP contribution is 2.73. The number of amides is 4. The first-order chi connectivity index (χ1) is 12.1. The van der Waals surface area contributed by atoms with Crippen molar-refractivity contribution >= 4 is 31.5 Å². The molecule has 4 aliphatic heterocycles. The van der Waals surface area contributed by atoms with Gasteiger partial charge >= 0.3 is 7.87 Å². The van der Waals surface area contributed by atoms with Crippen molar-refractivity contribution in [3.05, 3.63) is 0 Å². The van der Waals surface area contributed by atoms with E-state index < -0.39 is 7.87 Å². The maximum Gasteiger partial charge on any atom is 0.416 e. The minimum Gasteiger partial charge on any atom is -0.271 e. The lowest BCUT2D eigenvalue weighted by atomic mass is 10.4. The summed E-state index contributed by atoms with van der Waals surface area (Å²) in [6.07, 6.45) is 4.56. The Hall–Kier alpha value is -1.69. The summed E-state index contributed by atoms with van der Waals surface area (Å²) < 4.78 is 6.95. The van der Waals surface area contributed by atoms with Crippen molar-refractivity contribution in [3.63, 3.8) is 0 Å². The van der Waals surface area contributed by atoms with Crippen LogP contribution in [0, 0.1) is 0 Å². The fraction of sp³-hybridized carbons (Fsp3) is 0.750. The molecule has 0 aliphatic carbocycles. The van der Waals surface area contributed by atoms with E-state index in [-0.39, 0.29) is 23.6 Å². The van der Waals surface area contributed by atoms with Crippen LogP contribution in [0.25, 0.3) is 0 Å². The lowest BCUT2D eigenvalue weighted by Crippen LogP contribution is -2.54. The maximum absolute atomic E-state index is 12.8. The van der Waals surface area contributed by atoms with E-state index in [0.717, 1.165) is 0 Å². The van der Waals surface area contributed by atoms with E-state index in [1.807, 2.05) is 0 Å². The van der Waals surface area contributed by atoms with Gasteiger partial charge in [-0.15, -0.1) is 0 Å². The van der Waals surface area contributed by atoms with E-state index in [1.165, 1.54) is 0 Å². The molecule has 0 aromatic heterocycles. The summed E-state index contributed by atoms with van der Waals surface area (Å²) in [4.78, 5) is 51.0. The highest BCUT2D eigenvalue weighted by Gasteiger charge is 2.71. The Morgan fingerprint density at radius 1 is 0.480 bits per heavy atom. The normalized spacial score (nSPS) is 25.3. The summed E-state index contributed by atoms with van der Waals surface area (Å²) in [6.45, 7) is 2.07. The van der Waals surface area contributed by atoms with Crippen molar-refractivity contribution in [2.45, 2.75) is 51.4 Å². The van der Waals surface area contributed by atoms with E-state index >= 15 is 0 Å². The van der Waals surface area contributed by atoms with Gasteiger partial charge < -0.3 is 0 Å². The summed E-state index contributed by atoms with van der Waals surface area (Å²) >= 11 is 0. The van der Waals surface area contributed by atoms with Gasteiger partial charge in [0.2, 0.25) is 0 Å². The molecule has 0 bridgehead atoms. The number of nitrogens with zero attached hydrogens (tertiary/aromatic N) is 4. The molecule has 0 spiro atoms. The van der Waals surface area contributed by atoms with Gasteiger partial charge in [0.1, 0.15) is 0 Å². The van der Waals surface area contributed by atoms with Crippen LogP contribution in [0.15, 0.2) is 0 Å². The Balaban J connectivity index is 1.89. The smallest absolute Gasteiger partial charge is 0.271 e. The van der Waals surface area contributed by atoms with Gasteiger partial charge in [-0.05, 0) is 25.7 Å². The van der Waals surface area contributed by atoms with Gasteiger partial charge in [0.05, 0.1) is 26.2 Å². The first-order valence-electron chi connectivity index (χ1n) is 9.19. The number of carbonyl (C=O) groups excluding carboxylic acids is 4. The Kier molecular flexibility index (Phi) is 4.18. The molecule has 0 aromatic carbocycles. The second-order valence-corrected chi connectivity index (χ2v) is 10.0. The van der Waals surface area contributed by atoms with Crippen LogP contribution in [0.3, 0.4) is 0 Å². The SMILES string of the molecule is O=C1CCCN1[P+](N1CCCC1=O)(N1CCCC1=O)N1CCCC1=O. The molecule has 0 radical (unpaired) electrons. The van der Waals surface area contributed by atoms with Gasteiger partial charge in [0.15, 0.2) is 0 Å². The van der Waals surface area contributed by atoms with Gasteiger partial charge in [-0.1, -0.05) is 0 Å². The van der Waals surface area contributed by atoms with Crippen molar-refractivity contribution in [3.8, 4) is 0 Å². The molecule has 0 saturated carbocycles. The third-order valence-electron chi connectivity index (χ3n) is 5.49. The van der Waals surface area contributed by atoms with E-state index in [1.54, 1.807) is 18.7 Å². The molecule has 0 N–H and O–H groups in total. The van der Waals surface area contributed by atoms with Crippen LogP contribution in [0.2, 0.25) is 0 Å². The van der Waals surface area contributed by atoms with E-state index in [9.17, 15) is 19.2 Å². The molecule has 8 nitrogen and oxygen atoms in total. The second-order valence-electron chi connectivity index (χ2n) is 7.02. The molecule has 25 heavy (non-hydrogen) atoms. The molecule has 4 amide bonds. The molecular weight excluding hydrogens is 343 g/mol. The first kappa shape index (κ1) is 16.8. The molecule has 0 atom stereocenters.